The standard InChI is InChI=1S/C15H22N4OS/c1-10-5-4-6-14(7-10)19-12(3)16-17-15(19)21-9-13-8-11(2)20-18-13/h8,10,14H,4-7,9H2,1-3H3/t10-,14-/m0/s1. The molecule has 114 valence electrons. The lowest BCUT2D eigenvalue weighted by Crippen LogP contribution is -2.19. The number of nitrogens with zero attached hydrogens (tertiary/aromatic N) is 4. The second-order valence-electron chi connectivity index (χ2n) is 6.04. The van der Waals surface area contributed by atoms with Gasteiger partial charge >= 0.3 is 0 Å². The van der Waals surface area contributed by atoms with Gasteiger partial charge in [-0.2, -0.15) is 0 Å². The molecule has 0 unspecified atom stereocenters. The molecule has 1 aliphatic carbocycles. The lowest BCUT2D eigenvalue weighted by Gasteiger charge is -2.29. The molecule has 1 aliphatic rings. The van der Waals surface area contributed by atoms with E-state index in [1.165, 1.54) is 25.7 Å². The minimum absolute atomic E-state index is 0.547. The van der Waals surface area contributed by atoms with Gasteiger partial charge in [-0.05, 0) is 32.6 Å². The van der Waals surface area contributed by atoms with Gasteiger partial charge in [0.05, 0.1) is 5.69 Å². The van der Waals surface area contributed by atoms with Crippen molar-refractivity contribution in [3.05, 3.63) is 23.3 Å². The molecule has 2 aromatic rings. The van der Waals surface area contributed by atoms with E-state index in [4.69, 9.17) is 4.52 Å². The number of hydrogen-bond acceptors (Lipinski definition) is 5. The predicted molar refractivity (Wildman–Crippen MR) is 82.2 cm³/mol. The number of aromatic nitrogens is 4. The Morgan fingerprint density at radius 2 is 2.19 bits per heavy atom. The average molecular weight is 306 g/mol. The molecule has 0 bridgehead atoms. The highest BCUT2D eigenvalue weighted by Crippen LogP contribution is 2.35. The fourth-order valence-corrected chi connectivity index (χ4v) is 4.06. The van der Waals surface area contributed by atoms with E-state index in [0.717, 1.165) is 34.1 Å². The van der Waals surface area contributed by atoms with Gasteiger partial charge in [-0.15, -0.1) is 10.2 Å². The van der Waals surface area contributed by atoms with Crippen molar-refractivity contribution >= 4 is 11.8 Å². The summed E-state index contributed by atoms with van der Waals surface area (Å²) >= 11 is 1.70. The lowest BCUT2D eigenvalue weighted by atomic mass is 9.87. The second kappa shape index (κ2) is 6.22. The molecule has 0 spiro atoms. The van der Waals surface area contributed by atoms with Crippen LogP contribution in [0, 0.1) is 19.8 Å². The van der Waals surface area contributed by atoms with E-state index in [1.807, 2.05) is 13.0 Å². The van der Waals surface area contributed by atoms with Crippen molar-refractivity contribution in [1.82, 2.24) is 19.9 Å². The molecule has 3 rings (SSSR count). The van der Waals surface area contributed by atoms with Crippen LogP contribution in [0.25, 0.3) is 0 Å². The smallest absolute Gasteiger partial charge is 0.191 e. The Hall–Kier alpha value is -1.30. The number of thioether (sulfide) groups is 1. The summed E-state index contributed by atoms with van der Waals surface area (Å²) < 4.78 is 7.44. The summed E-state index contributed by atoms with van der Waals surface area (Å²) in [5, 5.41) is 13.7. The van der Waals surface area contributed by atoms with E-state index < -0.39 is 0 Å². The van der Waals surface area contributed by atoms with Crippen LogP contribution in [-0.2, 0) is 5.75 Å². The normalized spacial score (nSPS) is 22.6. The molecule has 0 amide bonds. The highest BCUT2D eigenvalue weighted by atomic mass is 32.2. The molecule has 2 aromatic heterocycles. The van der Waals surface area contributed by atoms with Crippen molar-refractivity contribution in [3.8, 4) is 0 Å². The Kier molecular flexibility index (Phi) is 4.33. The Morgan fingerprint density at radius 1 is 1.33 bits per heavy atom. The first-order valence-corrected chi connectivity index (χ1v) is 8.58. The van der Waals surface area contributed by atoms with E-state index in [9.17, 15) is 0 Å². The molecule has 2 heterocycles. The van der Waals surface area contributed by atoms with Crippen LogP contribution < -0.4 is 0 Å². The summed E-state index contributed by atoms with van der Waals surface area (Å²) in [5.41, 5.74) is 0.960. The van der Waals surface area contributed by atoms with Crippen LogP contribution in [-0.4, -0.2) is 19.9 Å². The topological polar surface area (TPSA) is 56.7 Å². The van der Waals surface area contributed by atoms with E-state index in [0.29, 0.717) is 6.04 Å². The molecular formula is C15H22N4OS. The maximum atomic E-state index is 5.11. The van der Waals surface area contributed by atoms with Crippen molar-refractivity contribution in [2.75, 3.05) is 0 Å². The van der Waals surface area contributed by atoms with Gasteiger partial charge in [0.2, 0.25) is 0 Å². The maximum absolute atomic E-state index is 5.11. The van der Waals surface area contributed by atoms with Crippen molar-refractivity contribution < 1.29 is 4.52 Å². The third kappa shape index (κ3) is 3.31. The molecule has 0 N–H and O–H groups in total. The molecule has 0 radical (unpaired) electrons. The monoisotopic (exact) mass is 306 g/mol. The largest absolute Gasteiger partial charge is 0.361 e. The highest BCUT2D eigenvalue weighted by Gasteiger charge is 2.24. The van der Waals surface area contributed by atoms with E-state index in [-0.39, 0.29) is 0 Å². The van der Waals surface area contributed by atoms with Gasteiger partial charge in [-0.1, -0.05) is 36.7 Å². The number of aryl methyl sites for hydroxylation is 2. The quantitative estimate of drug-likeness (QED) is 0.801. The molecular weight excluding hydrogens is 284 g/mol. The third-order valence-corrected chi connectivity index (χ3v) is 5.11. The van der Waals surface area contributed by atoms with Crippen molar-refractivity contribution in [2.24, 2.45) is 5.92 Å². The fourth-order valence-electron chi connectivity index (χ4n) is 3.13. The van der Waals surface area contributed by atoms with Crippen LogP contribution in [0.1, 0.15) is 55.9 Å². The van der Waals surface area contributed by atoms with Crippen LogP contribution in [0.3, 0.4) is 0 Å². The first kappa shape index (κ1) is 14.6. The summed E-state index contributed by atoms with van der Waals surface area (Å²) in [6.07, 6.45) is 5.11. The van der Waals surface area contributed by atoms with Gasteiger partial charge < -0.3 is 9.09 Å². The molecule has 6 heteroatoms. The van der Waals surface area contributed by atoms with Crippen molar-refractivity contribution in [2.45, 2.75) is 63.4 Å². The van der Waals surface area contributed by atoms with Gasteiger partial charge in [0.15, 0.2) is 5.16 Å². The molecule has 1 fully saturated rings. The zero-order valence-electron chi connectivity index (χ0n) is 12.9. The Bertz CT molecular complexity index is 607. The predicted octanol–water partition coefficient (Wildman–Crippen LogP) is 3.93. The third-order valence-electron chi connectivity index (χ3n) is 4.13. The van der Waals surface area contributed by atoms with Gasteiger partial charge in [-0.25, -0.2) is 0 Å². The van der Waals surface area contributed by atoms with Gasteiger partial charge in [0.25, 0.3) is 0 Å². The van der Waals surface area contributed by atoms with Gasteiger partial charge in [-0.3, -0.25) is 0 Å². The zero-order valence-corrected chi connectivity index (χ0v) is 13.7. The van der Waals surface area contributed by atoms with Crippen LogP contribution in [0.4, 0.5) is 0 Å². The highest BCUT2D eigenvalue weighted by molar-refractivity contribution is 7.98. The Morgan fingerprint density at radius 3 is 2.90 bits per heavy atom. The Labute approximate surface area is 129 Å². The Balaban J connectivity index is 1.73. The van der Waals surface area contributed by atoms with Crippen LogP contribution in [0.15, 0.2) is 15.7 Å². The SMILES string of the molecule is Cc1cc(CSc2nnc(C)n2[C@H]2CCC[C@H](C)C2)no1. The maximum Gasteiger partial charge on any atom is 0.191 e. The average Bonchev–Trinajstić information content (AvgIpc) is 3.02. The first-order chi connectivity index (χ1) is 10.1. The summed E-state index contributed by atoms with van der Waals surface area (Å²) in [6, 6.07) is 2.52. The van der Waals surface area contributed by atoms with Gasteiger partial charge in [0, 0.05) is 17.9 Å². The van der Waals surface area contributed by atoms with Crippen molar-refractivity contribution in [3.63, 3.8) is 0 Å². The summed E-state index contributed by atoms with van der Waals surface area (Å²) in [6.45, 7) is 6.31. The minimum atomic E-state index is 0.547. The van der Waals surface area contributed by atoms with Crippen LogP contribution in [0.2, 0.25) is 0 Å². The zero-order chi connectivity index (χ0) is 14.8. The number of hydrogen-bond donors (Lipinski definition) is 0. The number of rotatable bonds is 4. The van der Waals surface area contributed by atoms with Gasteiger partial charge in [0.1, 0.15) is 11.6 Å². The lowest BCUT2D eigenvalue weighted by molar-refractivity contribution is 0.268. The van der Waals surface area contributed by atoms with Crippen LogP contribution in [0.5, 0.6) is 0 Å². The molecule has 0 aliphatic heterocycles. The van der Waals surface area contributed by atoms with Crippen LogP contribution >= 0.6 is 11.8 Å². The minimum Gasteiger partial charge on any atom is -0.361 e. The second-order valence-corrected chi connectivity index (χ2v) is 6.99. The van der Waals surface area contributed by atoms with E-state index in [1.54, 1.807) is 11.8 Å². The van der Waals surface area contributed by atoms with Crippen molar-refractivity contribution in [1.29, 1.82) is 0 Å². The molecule has 2 atom stereocenters. The molecule has 21 heavy (non-hydrogen) atoms. The summed E-state index contributed by atoms with van der Waals surface area (Å²) in [5.74, 6) is 3.44. The molecule has 0 saturated heterocycles. The molecule has 0 aromatic carbocycles. The molecule has 1 saturated carbocycles. The van der Waals surface area contributed by atoms with E-state index in [2.05, 4.69) is 33.8 Å². The summed E-state index contributed by atoms with van der Waals surface area (Å²) in [7, 11) is 0. The summed E-state index contributed by atoms with van der Waals surface area (Å²) in [4.78, 5) is 0. The molecule has 5 nitrogen and oxygen atoms in total. The fraction of sp³-hybridized carbons (Fsp3) is 0.667. The van der Waals surface area contributed by atoms with E-state index >= 15 is 0 Å². The first-order valence-electron chi connectivity index (χ1n) is 7.60.